The van der Waals surface area contributed by atoms with Gasteiger partial charge >= 0.3 is 0 Å². The Labute approximate surface area is 132 Å². The number of hydrogen-bond acceptors (Lipinski definition) is 3. The van der Waals surface area contributed by atoms with Gasteiger partial charge in [-0.2, -0.15) is 0 Å². The molecule has 2 saturated heterocycles. The van der Waals surface area contributed by atoms with Gasteiger partial charge in [0.2, 0.25) is 5.91 Å². The Kier molecular flexibility index (Phi) is 4.67. The molecule has 0 spiro atoms. The Balaban J connectivity index is 1.64. The predicted octanol–water partition coefficient (Wildman–Crippen LogP) is 2.53. The first-order chi connectivity index (χ1) is 10.7. The minimum atomic E-state index is -0.228. The van der Waals surface area contributed by atoms with Crippen molar-refractivity contribution in [3.05, 3.63) is 29.8 Å². The van der Waals surface area contributed by atoms with Crippen LogP contribution in [0.5, 0.6) is 5.75 Å². The van der Waals surface area contributed by atoms with E-state index in [1.54, 1.807) is 7.11 Å². The van der Waals surface area contributed by atoms with Crippen molar-refractivity contribution >= 4 is 5.91 Å². The maximum atomic E-state index is 12.7. The number of rotatable bonds is 4. The summed E-state index contributed by atoms with van der Waals surface area (Å²) in [7, 11) is 1.66. The molecular weight excluding hydrogens is 278 g/mol. The summed E-state index contributed by atoms with van der Waals surface area (Å²) in [4.78, 5) is 14.8. The van der Waals surface area contributed by atoms with Crippen LogP contribution in [0.25, 0.3) is 0 Å². The van der Waals surface area contributed by atoms with E-state index in [0.29, 0.717) is 12.8 Å². The third kappa shape index (κ3) is 3.12. The van der Waals surface area contributed by atoms with Gasteiger partial charge in [-0.05, 0) is 50.2 Å². The lowest BCUT2D eigenvalue weighted by Gasteiger charge is -2.48. The first-order valence-electron chi connectivity index (χ1n) is 8.30. The topological polar surface area (TPSA) is 49.8 Å². The van der Waals surface area contributed by atoms with Crippen LogP contribution in [0, 0.1) is 0 Å². The molecule has 0 aliphatic carbocycles. The van der Waals surface area contributed by atoms with Crippen molar-refractivity contribution in [2.75, 3.05) is 7.11 Å². The molecular formula is C18H25NO3. The van der Waals surface area contributed by atoms with Gasteiger partial charge < -0.3 is 14.7 Å². The van der Waals surface area contributed by atoms with Gasteiger partial charge in [-0.3, -0.25) is 4.79 Å². The van der Waals surface area contributed by atoms with E-state index in [4.69, 9.17) is 4.74 Å². The number of hydrogen-bond donors (Lipinski definition) is 1. The van der Waals surface area contributed by atoms with E-state index >= 15 is 0 Å². The summed E-state index contributed by atoms with van der Waals surface area (Å²) in [6, 6.07) is 8.37. The highest BCUT2D eigenvalue weighted by Crippen LogP contribution is 2.34. The minimum absolute atomic E-state index is 0.228. The quantitative estimate of drug-likeness (QED) is 0.930. The zero-order chi connectivity index (χ0) is 15.5. The summed E-state index contributed by atoms with van der Waals surface area (Å²) in [6.07, 6.45) is 5.74. The van der Waals surface area contributed by atoms with Crippen LogP contribution in [0.3, 0.4) is 0 Å². The lowest BCUT2D eigenvalue weighted by molar-refractivity contribution is -0.143. The van der Waals surface area contributed by atoms with Crippen LogP contribution >= 0.6 is 0 Å². The number of aliphatic hydroxyl groups is 1. The average molecular weight is 303 g/mol. The summed E-state index contributed by atoms with van der Waals surface area (Å²) in [6.45, 7) is 0. The molecule has 1 amide bonds. The SMILES string of the molecule is COc1ccccc1CCC(=O)N1[C@@H]2CCC[C@H]1CC(O)C2. The van der Waals surface area contributed by atoms with Crippen LogP contribution in [0.1, 0.15) is 44.1 Å². The molecule has 120 valence electrons. The highest BCUT2D eigenvalue weighted by molar-refractivity contribution is 5.77. The van der Waals surface area contributed by atoms with Gasteiger partial charge in [-0.25, -0.2) is 0 Å². The van der Waals surface area contributed by atoms with E-state index in [-0.39, 0.29) is 24.1 Å². The lowest BCUT2D eigenvalue weighted by Crippen LogP contribution is -2.55. The first-order valence-corrected chi connectivity index (χ1v) is 8.30. The minimum Gasteiger partial charge on any atom is -0.496 e. The summed E-state index contributed by atoms with van der Waals surface area (Å²) < 4.78 is 5.35. The van der Waals surface area contributed by atoms with Gasteiger partial charge in [0.25, 0.3) is 0 Å². The number of fused-ring (bicyclic) bond motifs is 2. The second kappa shape index (κ2) is 6.69. The molecule has 1 aromatic carbocycles. The van der Waals surface area contributed by atoms with Gasteiger partial charge in [0.05, 0.1) is 13.2 Å². The molecule has 2 bridgehead atoms. The predicted molar refractivity (Wildman–Crippen MR) is 84.8 cm³/mol. The normalized spacial score (nSPS) is 27.5. The summed E-state index contributed by atoms with van der Waals surface area (Å²) in [5.74, 6) is 1.08. The van der Waals surface area contributed by atoms with Crippen LogP contribution in [-0.2, 0) is 11.2 Å². The number of para-hydroxylation sites is 1. The van der Waals surface area contributed by atoms with Crippen molar-refractivity contribution in [3.63, 3.8) is 0 Å². The van der Waals surface area contributed by atoms with Crippen molar-refractivity contribution in [1.82, 2.24) is 4.90 Å². The Hall–Kier alpha value is -1.55. The Morgan fingerprint density at radius 3 is 2.64 bits per heavy atom. The van der Waals surface area contributed by atoms with Crippen molar-refractivity contribution < 1.29 is 14.6 Å². The number of piperidine rings is 2. The highest BCUT2D eigenvalue weighted by atomic mass is 16.5. The third-order valence-electron chi connectivity index (χ3n) is 5.04. The molecule has 0 radical (unpaired) electrons. The van der Waals surface area contributed by atoms with Gasteiger partial charge in [-0.1, -0.05) is 18.2 Å². The van der Waals surface area contributed by atoms with Crippen LogP contribution in [0.15, 0.2) is 24.3 Å². The molecule has 1 aromatic rings. The fourth-order valence-electron chi connectivity index (χ4n) is 4.04. The molecule has 2 heterocycles. The van der Waals surface area contributed by atoms with E-state index in [1.165, 1.54) is 6.42 Å². The number of aliphatic hydroxyl groups excluding tert-OH is 1. The number of amides is 1. The Morgan fingerprint density at radius 2 is 1.95 bits per heavy atom. The Bertz CT molecular complexity index is 517. The molecule has 2 aliphatic heterocycles. The van der Waals surface area contributed by atoms with Crippen LogP contribution < -0.4 is 4.74 Å². The fraction of sp³-hybridized carbons (Fsp3) is 0.611. The molecule has 3 atom stereocenters. The average Bonchev–Trinajstić information content (AvgIpc) is 2.52. The summed E-state index contributed by atoms with van der Waals surface area (Å²) in [5.41, 5.74) is 1.08. The molecule has 4 nitrogen and oxygen atoms in total. The fourth-order valence-corrected chi connectivity index (χ4v) is 4.04. The maximum absolute atomic E-state index is 12.7. The molecule has 0 aromatic heterocycles. The van der Waals surface area contributed by atoms with Gasteiger partial charge in [-0.15, -0.1) is 0 Å². The highest BCUT2D eigenvalue weighted by Gasteiger charge is 2.39. The third-order valence-corrected chi connectivity index (χ3v) is 5.04. The van der Waals surface area contributed by atoms with Gasteiger partial charge in [0, 0.05) is 18.5 Å². The number of carbonyl (C=O) groups is 1. The van der Waals surface area contributed by atoms with Crippen molar-refractivity contribution in [2.24, 2.45) is 0 Å². The zero-order valence-corrected chi connectivity index (χ0v) is 13.2. The zero-order valence-electron chi connectivity index (χ0n) is 13.2. The molecule has 1 N–H and O–H groups in total. The van der Waals surface area contributed by atoms with E-state index in [1.807, 2.05) is 24.3 Å². The number of nitrogens with zero attached hydrogens (tertiary/aromatic N) is 1. The number of carbonyl (C=O) groups excluding carboxylic acids is 1. The van der Waals surface area contributed by atoms with Crippen LogP contribution in [0.2, 0.25) is 0 Å². The van der Waals surface area contributed by atoms with E-state index in [9.17, 15) is 9.90 Å². The van der Waals surface area contributed by atoms with Crippen molar-refractivity contribution in [3.8, 4) is 5.75 Å². The molecule has 2 aliphatic rings. The molecule has 22 heavy (non-hydrogen) atoms. The van der Waals surface area contributed by atoms with Crippen LogP contribution in [-0.4, -0.2) is 41.2 Å². The van der Waals surface area contributed by atoms with E-state index in [0.717, 1.165) is 37.0 Å². The molecule has 3 rings (SSSR count). The number of ether oxygens (including phenoxy) is 1. The van der Waals surface area contributed by atoms with Crippen molar-refractivity contribution in [2.45, 2.75) is 63.1 Å². The van der Waals surface area contributed by atoms with Crippen molar-refractivity contribution in [1.29, 1.82) is 0 Å². The number of benzene rings is 1. The maximum Gasteiger partial charge on any atom is 0.223 e. The van der Waals surface area contributed by atoms with Crippen LogP contribution in [0.4, 0.5) is 0 Å². The molecule has 0 saturated carbocycles. The molecule has 4 heteroatoms. The lowest BCUT2D eigenvalue weighted by atomic mass is 9.82. The summed E-state index contributed by atoms with van der Waals surface area (Å²) >= 11 is 0. The Morgan fingerprint density at radius 1 is 1.27 bits per heavy atom. The number of methoxy groups -OCH3 is 1. The summed E-state index contributed by atoms with van der Waals surface area (Å²) in [5, 5.41) is 9.94. The van der Waals surface area contributed by atoms with Gasteiger partial charge in [0.1, 0.15) is 5.75 Å². The second-order valence-corrected chi connectivity index (χ2v) is 6.48. The smallest absolute Gasteiger partial charge is 0.223 e. The second-order valence-electron chi connectivity index (χ2n) is 6.48. The monoisotopic (exact) mass is 303 g/mol. The van der Waals surface area contributed by atoms with Gasteiger partial charge in [0.15, 0.2) is 0 Å². The molecule has 1 unspecified atom stereocenters. The largest absolute Gasteiger partial charge is 0.496 e. The molecule has 2 fully saturated rings. The van der Waals surface area contributed by atoms with E-state index in [2.05, 4.69) is 4.90 Å². The first kappa shape index (κ1) is 15.3. The van der Waals surface area contributed by atoms with E-state index < -0.39 is 0 Å². The standard InChI is InChI=1S/C18H25NO3/c1-22-17-8-3-2-5-13(17)9-10-18(21)19-14-6-4-7-15(19)12-16(20)11-14/h2-3,5,8,14-16,20H,4,6-7,9-12H2,1H3/t14-,15+,16?. The number of aryl methyl sites for hydroxylation is 1.